The SMILES string of the molecule is CCCN(CC)C(CN)c1ccc(COC)cc1. The lowest BCUT2D eigenvalue weighted by atomic mass is 10.0. The normalized spacial score (nSPS) is 12.9. The Morgan fingerprint density at radius 2 is 1.89 bits per heavy atom. The first kappa shape index (κ1) is 15.2. The van der Waals surface area contributed by atoms with Crippen LogP contribution in [0, 0.1) is 0 Å². The molecule has 0 saturated carbocycles. The smallest absolute Gasteiger partial charge is 0.0713 e. The van der Waals surface area contributed by atoms with Gasteiger partial charge in [0.05, 0.1) is 6.61 Å². The molecule has 0 aromatic heterocycles. The molecule has 0 heterocycles. The fourth-order valence-electron chi connectivity index (χ4n) is 2.32. The Bertz CT molecular complexity index is 324. The summed E-state index contributed by atoms with van der Waals surface area (Å²) >= 11 is 0. The van der Waals surface area contributed by atoms with Crippen LogP contribution in [0.25, 0.3) is 0 Å². The van der Waals surface area contributed by atoms with Crippen molar-refractivity contribution < 1.29 is 4.74 Å². The van der Waals surface area contributed by atoms with Gasteiger partial charge in [-0.2, -0.15) is 0 Å². The highest BCUT2D eigenvalue weighted by Gasteiger charge is 2.16. The number of rotatable bonds is 8. The van der Waals surface area contributed by atoms with Crippen LogP contribution in [0.15, 0.2) is 24.3 Å². The molecule has 0 aliphatic carbocycles. The standard InChI is InChI=1S/C15H26N2O/c1-4-10-17(5-2)15(11-16)14-8-6-13(7-9-14)12-18-3/h6-9,15H,4-5,10-12,16H2,1-3H3. The predicted octanol–water partition coefficient (Wildman–Crippen LogP) is 2.56. The third-order valence-electron chi connectivity index (χ3n) is 3.26. The molecule has 0 spiro atoms. The topological polar surface area (TPSA) is 38.5 Å². The monoisotopic (exact) mass is 250 g/mol. The molecule has 1 rings (SSSR count). The lowest BCUT2D eigenvalue weighted by molar-refractivity contribution is 0.184. The van der Waals surface area contributed by atoms with Crippen molar-refractivity contribution in [3.63, 3.8) is 0 Å². The highest BCUT2D eigenvalue weighted by atomic mass is 16.5. The molecule has 0 amide bonds. The second kappa shape index (κ2) is 8.25. The van der Waals surface area contributed by atoms with Crippen molar-refractivity contribution in [3.8, 4) is 0 Å². The van der Waals surface area contributed by atoms with Crippen molar-refractivity contribution in [3.05, 3.63) is 35.4 Å². The molecular formula is C15H26N2O. The van der Waals surface area contributed by atoms with Crippen LogP contribution in [0.4, 0.5) is 0 Å². The molecular weight excluding hydrogens is 224 g/mol. The van der Waals surface area contributed by atoms with E-state index < -0.39 is 0 Å². The minimum atomic E-state index is 0.326. The first-order chi connectivity index (χ1) is 8.76. The molecule has 0 radical (unpaired) electrons. The third-order valence-corrected chi connectivity index (χ3v) is 3.26. The maximum atomic E-state index is 5.94. The van der Waals surface area contributed by atoms with Gasteiger partial charge in [0.1, 0.15) is 0 Å². The average Bonchev–Trinajstić information content (AvgIpc) is 2.40. The molecule has 0 aliphatic heterocycles. The van der Waals surface area contributed by atoms with Gasteiger partial charge in [-0.05, 0) is 30.6 Å². The zero-order valence-electron chi connectivity index (χ0n) is 11.9. The fraction of sp³-hybridized carbons (Fsp3) is 0.600. The Morgan fingerprint density at radius 3 is 2.33 bits per heavy atom. The Balaban J connectivity index is 2.80. The maximum absolute atomic E-state index is 5.94. The van der Waals surface area contributed by atoms with E-state index in [1.165, 1.54) is 11.1 Å². The minimum Gasteiger partial charge on any atom is -0.380 e. The van der Waals surface area contributed by atoms with E-state index in [9.17, 15) is 0 Å². The molecule has 1 aromatic rings. The van der Waals surface area contributed by atoms with E-state index in [1.807, 2.05) is 0 Å². The van der Waals surface area contributed by atoms with E-state index in [2.05, 4.69) is 43.0 Å². The highest BCUT2D eigenvalue weighted by molar-refractivity contribution is 5.25. The summed E-state index contributed by atoms with van der Waals surface area (Å²) in [6.45, 7) is 7.86. The molecule has 3 heteroatoms. The molecule has 1 unspecified atom stereocenters. The van der Waals surface area contributed by atoms with Crippen LogP contribution in [0.3, 0.4) is 0 Å². The van der Waals surface area contributed by atoms with Gasteiger partial charge in [-0.25, -0.2) is 0 Å². The molecule has 102 valence electrons. The van der Waals surface area contributed by atoms with E-state index in [1.54, 1.807) is 7.11 Å². The fourth-order valence-corrected chi connectivity index (χ4v) is 2.32. The molecule has 3 nitrogen and oxygen atoms in total. The summed E-state index contributed by atoms with van der Waals surface area (Å²) in [6, 6.07) is 8.92. The van der Waals surface area contributed by atoms with Gasteiger partial charge in [-0.1, -0.05) is 38.1 Å². The Labute approximate surface area is 111 Å². The predicted molar refractivity (Wildman–Crippen MR) is 76.5 cm³/mol. The number of nitrogens with two attached hydrogens (primary N) is 1. The summed E-state index contributed by atoms with van der Waals surface area (Å²) in [4.78, 5) is 2.44. The summed E-state index contributed by atoms with van der Waals surface area (Å²) in [5, 5.41) is 0. The zero-order chi connectivity index (χ0) is 13.4. The summed E-state index contributed by atoms with van der Waals surface area (Å²) in [7, 11) is 1.72. The molecule has 2 N–H and O–H groups in total. The van der Waals surface area contributed by atoms with Gasteiger partial charge in [0.2, 0.25) is 0 Å². The zero-order valence-corrected chi connectivity index (χ0v) is 11.9. The van der Waals surface area contributed by atoms with Gasteiger partial charge in [0, 0.05) is 19.7 Å². The summed E-state index contributed by atoms with van der Waals surface area (Å²) in [5.74, 6) is 0. The number of hydrogen-bond acceptors (Lipinski definition) is 3. The second-order valence-corrected chi connectivity index (χ2v) is 4.55. The maximum Gasteiger partial charge on any atom is 0.0713 e. The van der Waals surface area contributed by atoms with E-state index in [-0.39, 0.29) is 0 Å². The minimum absolute atomic E-state index is 0.326. The largest absolute Gasteiger partial charge is 0.380 e. The van der Waals surface area contributed by atoms with Gasteiger partial charge in [-0.15, -0.1) is 0 Å². The number of benzene rings is 1. The molecule has 0 aliphatic rings. The van der Waals surface area contributed by atoms with Crippen LogP contribution in [0.5, 0.6) is 0 Å². The van der Waals surface area contributed by atoms with Gasteiger partial charge in [0.25, 0.3) is 0 Å². The van der Waals surface area contributed by atoms with Gasteiger partial charge >= 0.3 is 0 Å². The summed E-state index contributed by atoms with van der Waals surface area (Å²) in [5.41, 5.74) is 8.44. The molecule has 0 bridgehead atoms. The van der Waals surface area contributed by atoms with Crippen LogP contribution in [-0.2, 0) is 11.3 Å². The Morgan fingerprint density at radius 1 is 1.22 bits per heavy atom. The molecule has 1 atom stereocenters. The molecule has 0 fully saturated rings. The van der Waals surface area contributed by atoms with Crippen molar-refractivity contribution in [2.45, 2.75) is 32.9 Å². The number of likely N-dealkylation sites (N-methyl/N-ethyl adjacent to an activating group) is 1. The van der Waals surface area contributed by atoms with Crippen molar-refractivity contribution in [2.75, 3.05) is 26.7 Å². The van der Waals surface area contributed by atoms with Crippen molar-refractivity contribution in [1.29, 1.82) is 0 Å². The van der Waals surface area contributed by atoms with E-state index >= 15 is 0 Å². The highest BCUT2D eigenvalue weighted by Crippen LogP contribution is 2.20. The van der Waals surface area contributed by atoms with Crippen LogP contribution in [-0.4, -0.2) is 31.6 Å². The van der Waals surface area contributed by atoms with Crippen molar-refractivity contribution in [2.24, 2.45) is 5.73 Å². The van der Waals surface area contributed by atoms with E-state index in [0.717, 1.165) is 19.5 Å². The number of nitrogens with zero attached hydrogens (tertiary/aromatic N) is 1. The van der Waals surface area contributed by atoms with Gasteiger partial charge < -0.3 is 10.5 Å². The molecule has 0 saturated heterocycles. The van der Waals surface area contributed by atoms with Crippen LogP contribution >= 0.6 is 0 Å². The first-order valence-electron chi connectivity index (χ1n) is 6.78. The van der Waals surface area contributed by atoms with Crippen molar-refractivity contribution >= 4 is 0 Å². The first-order valence-corrected chi connectivity index (χ1v) is 6.78. The third kappa shape index (κ3) is 4.09. The Hall–Kier alpha value is -0.900. The van der Waals surface area contributed by atoms with Crippen LogP contribution in [0.1, 0.15) is 37.4 Å². The Kier molecular flexibility index (Phi) is 6.94. The number of methoxy groups -OCH3 is 1. The van der Waals surface area contributed by atoms with Crippen LogP contribution in [0.2, 0.25) is 0 Å². The molecule has 1 aromatic carbocycles. The van der Waals surface area contributed by atoms with Gasteiger partial charge in [0.15, 0.2) is 0 Å². The quantitative estimate of drug-likeness (QED) is 0.770. The number of hydrogen-bond donors (Lipinski definition) is 1. The molecule has 18 heavy (non-hydrogen) atoms. The summed E-state index contributed by atoms with van der Waals surface area (Å²) < 4.78 is 5.13. The van der Waals surface area contributed by atoms with Crippen molar-refractivity contribution in [1.82, 2.24) is 4.90 Å². The lowest BCUT2D eigenvalue weighted by Crippen LogP contribution is -2.34. The summed E-state index contributed by atoms with van der Waals surface area (Å²) in [6.07, 6.45) is 1.16. The number of ether oxygens (including phenoxy) is 1. The average molecular weight is 250 g/mol. The second-order valence-electron chi connectivity index (χ2n) is 4.55. The van der Waals surface area contributed by atoms with Gasteiger partial charge in [-0.3, -0.25) is 4.90 Å². The van der Waals surface area contributed by atoms with E-state index in [4.69, 9.17) is 10.5 Å². The van der Waals surface area contributed by atoms with E-state index in [0.29, 0.717) is 19.2 Å². The lowest BCUT2D eigenvalue weighted by Gasteiger charge is -2.30. The van der Waals surface area contributed by atoms with Crippen LogP contribution < -0.4 is 5.73 Å².